The summed E-state index contributed by atoms with van der Waals surface area (Å²) in [5.41, 5.74) is 5.79. The molecule has 2 heterocycles. The lowest BCUT2D eigenvalue weighted by atomic mass is 9.82. The standard InChI is InChI=1S/C23H32N4O4S/c1-22(2,3)31-21(29)27-23(4)9-7-14(8-10-23)30-19-18-17-13(11-16(24)28)5-6-15(17)32-20(18)26-12-25-19/h12-14H,5-11H2,1-4H3,(H2,24,28)(H,27,29). The number of hydrogen-bond donors (Lipinski definition) is 2. The number of hydrogen-bond acceptors (Lipinski definition) is 7. The zero-order chi connectivity index (χ0) is 23.1. The van der Waals surface area contributed by atoms with Gasteiger partial charge in [0.2, 0.25) is 11.8 Å². The molecular weight excluding hydrogens is 428 g/mol. The Bertz CT molecular complexity index is 1020. The summed E-state index contributed by atoms with van der Waals surface area (Å²) in [4.78, 5) is 34.9. The summed E-state index contributed by atoms with van der Waals surface area (Å²) in [7, 11) is 0. The van der Waals surface area contributed by atoms with Crippen molar-refractivity contribution >= 4 is 33.6 Å². The van der Waals surface area contributed by atoms with Crippen LogP contribution in [0.2, 0.25) is 0 Å². The summed E-state index contributed by atoms with van der Waals surface area (Å²) in [6.45, 7) is 7.63. The number of nitrogens with one attached hydrogen (secondary N) is 1. The van der Waals surface area contributed by atoms with Crippen LogP contribution in [0.5, 0.6) is 5.88 Å². The fraction of sp³-hybridized carbons (Fsp3) is 0.652. The van der Waals surface area contributed by atoms with Crippen LogP contribution < -0.4 is 15.8 Å². The van der Waals surface area contributed by atoms with Crippen molar-refractivity contribution in [3.63, 3.8) is 0 Å². The molecule has 1 fully saturated rings. The number of thiophene rings is 1. The summed E-state index contributed by atoms with van der Waals surface area (Å²) in [6, 6.07) is 0. The predicted molar refractivity (Wildman–Crippen MR) is 123 cm³/mol. The smallest absolute Gasteiger partial charge is 0.408 e. The van der Waals surface area contributed by atoms with E-state index in [1.807, 2.05) is 20.8 Å². The molecule has 32 heavy (non-hydrogen) atoms. The van der Waals surface area contributed by atoms with Crippen LogP contribution in [-0.2, 0) is 16.0 Å². The Morgan fingerprint density at radius 2 is 1.97 bits per heavy atom. The lowest BCUT2D eigenvalue weighted by Gasteiger charge is -2.38. The van der Waals surface area contributed by atoms with Crippen LogP contribution in [0, 0.1) is 0 Å². The van der Waals surface area contributed by atoms with Crippen molar-refractivity contribution in [2.24, 2.45) is 5.73 Å². The molecule has 0 spiro atoms. The second-order valence-electron chi connectivity index (χ2n) is 10.2. The largest absolute Gasteiger partial charge is 0.474 e. The van der Waals surface area contributed by atoms with Gasteiger partial charge in [-0.25, -0.2) is 14.8 Å². The lowest BCUT2D eigenvalue weighted by molar-refractivity contribution is -0.118. The first kappa shape index (κ1) is 22.8. The molecule has 0 bridgehead atoms. The van der Waals surface area contributed by atoms with Crippen LogP contribution in [0.1, 0.15) is 82.6 Å². The summed E-state index contributed by atoms with van der Waals surface area (Å²) < 4.78 is 11.8. The van der Waals surface area contributed by atoms with E-state index in [-0.39, 0.29) is 29.6 Å². The van der Waals surface area contributed by atoms with Gasteiger partial charge in [0, 0.05) is 16.8 Å². The number of alkyl carbamates (subject to hydrolysis) is 1. The highest BCUT2D eigenvalue weighted by Crippen LogP contribution is 2.47. The third-order valence-electron chi connectivity index (χ3n) is 6.26. The highest BCUT2D eigenvalue weighted by Gasteiger charge is 2.36. The number of fused-ring (bicyclic) bond motifs is 3. The van der Waals surface area contributed by atoms with Gasteiger partial charge in [-0.1, -0.05) is 0 Å². The fourth-order valence-corrected chi connectivity index (χ4v) is 5.99. The fourth-order valence-electron chi connectivity index (χ4n) is 4.76. The van der Waals surface area contributed by atoms with Gasteiger partial charge in [0.15, 0.2) is 0 Å². The highest BCUT2D eigenvalue weighted by molar-refractivity contribution is 7.19. The van der Waals surface area contributed by atoms with E-state index < -0.39 is 5.60 Å². The van der Waals surface area contributed by atoms with E-state index in [4.69, 9.17) is 15.2 Å². The Morgan fingerprint density at radius 3 is 2.62 bits per heavy atom. The van der Waals surface area contributed by atoms with Crippen LogP contribution in [0.25, 0.3) is 10.2 Å². The molecule has 9 heteroatoms. The summed E-state index contributed by atoms with van der Waals surface area (Å²) in [5.74, 6) is 0.417. The van der Waals surface area contributed by atoms with Crippen LogP contribution >= 0.6 is 11.3 Å². The average Bonchev–Trinajstić information content (AvgIpc) is 3.22. The molecule has 0 radical (unpaired) electrons. The number of primary amides is 1. The molecule has 1 unspecified atom stereocenters. The first-order valence-corrected chi connectivity index (χ1v) is 12.1. The van der Waals surface area contributed by atoms with Crippen molar-refractivity contribution in [2.45, 2.75) is 95.8 Å². The minimum atomic E-state index is -0.522. The summed E-state index contributed by atoms with van der Waals surface area (Å²) in [5, 5.41) is 3.98. The minimum Gasteiger partial charge on any atom is -0.474 e. The Kier molecular flexibility index (Phi) is 6.04. The molecule has 1 atom stereocenters. The van der Waals surface area contributed by atoms with Crippen LogP contribution in [-0.4, -0.2) is 39.2 Å². The van der Waals surface area contributed by atoms with E-state index in [1.165, 1.54) is 4.88 Å². The van der Waals surface area contributed by atoms with Gasteiger partial charge in [-0.3, -0.25) is 4.79 Å². The van der Waals surface area contributed by atoms with Gasteiger partial charge in [-0.15, -0.1) is 11.3 Å². The van der Waals surface area contributed by atoms with Gasteiger partial charge in [-0.05, 0) is 77.7 Å². The van der Waals surface area contributed by atoms with E-state index in [0.717, 1.165) is 54.3 Å². The maximum atomic E-state index is 12.2. The van der Waals surface area contributed by atoms with Gasteiger partial charge in [0.1, 0.15) is 22.9 Å². The van der Waals surface area contributed by atoms with Gasteiger partial charge in [-0.2, -0.15) is 0 Å². The van der Waals surface area contributed by atoms with Crippen molar-refractivity contribution in [1.29, 1.82) is 0 Å². The number of nitrogens with zero attached hydrogens (tertiary/aromatic N) is 2. The quantitative estimate of drug-likeness (QED) is 0.691. The Balaban J connectivity index is 1.45. The van der Waals surface area contributed by atoms with E-state index in [2.05, 4.69) is 22.2 Å². The Hall–Kier alpha value is -2.42. The maximum absolute atomic E-state index is 12.2. The average molecular weight is 461 g/mol. The van der Waals surface area contributed by atoms with Crippen molar-refractivity contribution < 1.29 is 19.1 Å². The number of rotatable bonds is 5. The number of aryl methyl sites for hydroxylation is 1. The van der Waals surface area contributed by atoms with Crippen molar-refractivity contribution in [3.05, 3.63) is 16.8 Å². The Labute approximate surface area is 192 Å². The molecule has 2 aromatic heterocycles. The zero-order valence-corrected chi connectivity index (χ0v) is 20.0. The van der Waals surface area contributed by atoms with Crippen molar-refractivity contribution in [3.8, 4) is 5.88 Å². The molecule has 0 saturated heterocycles. The molecule has 2 aromatic rings. The SMILES string of the molecule is CC1(NC(=O)OC(C)(C)C)CCC(Oc2ncnc3sc4c(c23)C(CC(N)=O)CC4)CC1. The van der Waals surface area contributed by atoms with Gasteiger partial charge < -0.3 is 20.5 Å². The van der Waals surface area contributed by atoms with Gasteiger partial charge >= 0.3 is 6.09 Å². The number of carbonyl (C=O) groups is 2. The molecule has 2 aliphatic carbocycles. The van der Waals surface area contributed by atoms with E-state index in [1.54, 1.807) is 17.7 Å². The normalized spacial score (nSPS) is 25.4. The van der Waals surface area contributed by atoms with Crippen molar-refractivity contribution in [2.75, 3.05) is 0 Å². The predicted octanol–water partition coefficient (Wildman–Crippen LogP) is 4.20. The van der Waals surface area contributed by atoms with E-state index in [9.17, 15) is 9.59 Å². The molecular formula is C23H32N4O4S. The van der Waals surface area contributed by atoms with Crippen molar-refractivity contribution in [1.82, 2.24) is 15.3 Å². The maximum Gasteiger partial charge on any atom is 0.408 e. The van der Waals surface area contributed by atoms with Gasteiger partial charge in [0.25, 0.3) is 0 Å². The number of ether oxygens (including phenoxy) is 2. The molecule has 3 N–H and O–H groups in total. The molecule has 174 valence electrons. The molecule has 1 saturated carbocycles. The minimum absolute atomic E-state index is 0.00755. The third kappa shape index (κ3) is 4.98. The van der Waals surface area contributed by atoms with Crippen LogP contribution in [0.4, 0.5) is 4.79 Å². The van der Waals surface area contributed by atoms with Gasteiger partial charge in [0.05, 0.1) is 5.39 Å². The lowest BCUT2D eigenvalue weighted by Crippen LogP contribution is -2.51. The summed E-state index contributed by atoms with van der Waals surface area (Å²) >= 11 is 1.66. The third-order valence-corrected chi connectivity index (χ3v) is 7.43. The molecule has 2 amide bonds. The molecule has 0 aromatic carbocycles. The second-order valence-corrected chi connectivity index (χ2v) is 11.3. The number of carbonyl (C=O) groups excluding carboxylic acids is 2. The summed E-state index contributed by atoms with van der Waals surface area (Å²) in [6.07, 6.45) is 6.55. The highest BCUT2D eigenvalue weighted by atomic mass is 32.1. The molecule has 2 aliphatic rings. The molecule has 0 aliphatic heterocycles. The monoisotopic (exact) mass is 460 g/mol. The number of nitrogens with two attached hydrogens (primary N) is 1. The topological polar surface area (TPSA) is 116 Å². The van der Waals surface area contributed by atoms with Crippen LogP contribution in [0.3, 0.4) is 0 Å². The molecule has 4 rings (SSSR count). The first-order chi connectivity index (χ1) is 15.0. The number of amides is 2. The zero-order valence-electron chi connectivity index (χ0n) is 19.2. The second kappa shape index (κ2) is 8.50. The number of aromatic nitrogens is 2. The Morgan fingerprint density at radius 1 is 1.25 bits per heavy atom. The first-order valence-electron chi connectivity index (χ1n) is 11.3. The molecule has 8 nitrogen and oxygen atoms in total. The van der Waals surface area contributed by atoms with Crippen LogP contribution in [0.15, 0.2) is 6.33 Å². The van der Waals surface area contributed by atoms with E-state index >= 15 is 0 Å². The van der Waals surface area contributed by atoms with E-state index in [0.29, 0.717) is 12.3 Å².